The van der Waals surface area contributed by atoms with Gasteiger partial charge in [0.25, 0.3) is 11.6 Å². The molecule has 7 nitrogen and oxygen atoms in total. The van der Waals surface area contributed by atoms with Crippen LogP contribution >= 0.6 is 11.3 Å². The number of nitrogens with one attached hydrogen (secondary N) is 1. The molecule has 98 valence electrons. The van der Waals surface area contributed by atoms with E-state index in [1.165, 1.54) is 5.38 Å². The first-order valence-corrected chi connectivity index (χ1v) is 5.81. The summed E-state index contributed by atoms with van der Waals surface area (Å²) in [6.07, 6.45) is 0. The molecular weight excluding hydrogens is 275 g/mol. The first-order chi connectivity index (χ1) is 8.95. The molecule has 2 aromatic rings. The number of hydrogen-bond acceptors (Lipinski definition) is 6. The summed E-state index contributed by atoms with van der Waals surface area (Å²) in [6.45, 7) is 0. The van der Waals surface area contributed by atoms with Crippen LogP contribution in [0, 0.1) is 15.9 Å². The fraction of sp³-hybridized carbons (Fsp3) is 0. The third-order valence-electron chi connectivity index (χ3n) is 2.11. The van der Waals surface area contributed by atoms with E-state index in [1.807, 2.05) is 0 Å². The Hall–Kier alpha value is -2.55. The summed E-state index contributed by atoms with van der Waals surface area (Å²) >= 11 is 1.08. The van der Waals surface area contributed by atoms with Crippen LogP contribution in [0.5, 0.6) is 0 Å². The number of carbonyl (C=O) groups is 1. The zero-order chi connectivity index (χ0) is 14.0. The molecule has 0 saturated heterocycles. The molecule has 9 heteroatoms. The van der Waals surface area contributed by atoms with E-state index in [-0.39, 0.29) is 16.5 Å². The van der Waals surface area contributed by atoms with Crippen LogP contribution in [-0.4, -0.2) is 15.8 Å². The number of thiazole rings is 1. The Labute approximate surface area is 110 Å². The number of amides is 1. The highest BCUT2D eigenvalue weighted by atomic mass is 32.1. The zero-order valence-corrected chi connectivity index (χ0v) is 10.1. The van der Waals surface area contributed by atoms with E-state index in [2.05, 4.69) is 10.3 Å². The van der Waals surface area contributed by atoms with Gasteiger partial charge >= 0.3 is 0 Å². The van der Waals surface area contributed by atoms with Gasteiger partial charge in [-0.2, -0.15) is 0 Å². The molecule has 0 aliphatic rings. The van der Waals surface area contributed by atoms with E-state index in [0.717, 1.165) is 29.5 Å². The molecule has 1 aromatic carbocycles. The van der Waals surface area contributed by atoms with Crippen LogP contribution in [0.15, 0.2) is 23.6 Å². The van der Waals surface area contributed by atoms with E-state index in [0.29, 0.717) is 0 Å². The molecule has 0 fully saturated rings. The number of aromatic nitrogens is 1. The number of hydrogen-bond donors (Lipinski definition) is 2. The van der Waals surface area contributed by atoms with Crippen molar-refractivity contribution in [1.82, 2.24) is 4.98 Å². The highest BCUT2D eigenvalue weighted by molar-refractivity contribution is 7.13. The first-order valence-electron chi connectivity index (χ1n) is 4.93. The molecule has 0 radical (unpaired) electrons. The van der Waals surface area contributed by atoms with Crippen molar-refractivity contribution in [2.24, 2.45) is 0 Å². The van der Waals surface area contributed by atoms with Crippen molar-refractivity contribution >= 4 is 33.8 Å². The quantitative estimate of drug-likeness (QED) is 0.660. The summed E-state index contributed by atoms with van der Waals surface area (Å²) in [5.41, 5.74) is 4.96. The molecular formula is C10H7FN4O3S. The number of carbonyl (C=O) groups excluding carboxylic acids is 1. The number of nitro groups is 1. The summed E-state index contributed by atoms with van der Waals surface area (Å²) in [7, 11) is 0. The molecule has 0 spiro atoms. The fourth-order valence-corrected chi connectivity index (χ4v) is 1.88. The van der Waals surface area contributed by atoms with Crippen molar-refractivity contribution in [1.29, 1.82) is 0 Å². The van der Waals surface area contributed by atoms with Gasteiger partial charge in [0.05, 0.1) is 16.7 Å². The number of nitro benzene ring substituents is 1. The summed E-state index contributed by atoms with van der Waals surface area (Å²) in [5.74, 6) is -1.44. The van der Waals surface area contributed by atoms with E-state index in [4.69, 9.17) is 5.73 Å². The molecule has 0 unspecified atom stereocenters. The number of nitrogens with zero attached hydrogens (tertiary/aromatic N) is 2. The number of rotatable bonds is 3. The normalized spacial score (nSPS) is 10.2. The van der Waals surface area contributed by atoms with Crippen LogP contribution in [0.3, 0.4) is 0 Å². The Bertz CT molecular complexity index is 658. The molecule has 1 amide bonds. The van der Waals surface area contributed by atoms with Crippen molar-refractivity contribution < 1.29 is 14.1 Å². The summed E-state index contributed by atoms with van der Waals surface area (Å²) in [4.78, 5) is 25.3. The van der Waals surface area contributed by atoms with Gasteiger partial charge in [0, 0.05) is 11.4 Å². The highest BCUT2D eigenvalue weighted by Crippen LogP contribution is 2.21. The predicted molar refractivity (Wildman–Crippen MR) is 67.5 cm³/mol. The smallest absolute Gasteiger partial charge is 0.275 e. The standard InChI is InChI=1S/C10H7FN4O3S/c11-5-1-6(3-7(2-5)15(17)18)13-9(16)8-4-19-10(12)14-8/h1-4H,(H2,12,14)(H,13,16). The van der Waals surface area contributed by atoms with Crippen LogP contribution in [0.4, 0.5) is 20.9 Å². The number of anilines is 2. The molecule has 19 heavy (non-hydrogen) atoms. The number of non-ortho nitro benzene ring substituents is 1. The lowest BCUT2D eigenvalue weighted by Crippen LogP contribution is -2.12. The van der Waals surface area contributed by atoms with Crippen molar-refractivity contribution in [2.45, 2.75) is 0 Å². The second kappa shape index (κ2) is 4.98. The number of halogens is 1. The maximum atomic E-state index is 13.2. The van der Waals surface area contributed by atoms with Crippen molar-refractivity contribution in [3.63, 3.8) is 0 Å². The maximum Gasteiger partial charge on any atom is 0.275 e. The summed E-state index contributed by atoms with van der Waals surface area (Å²) < 4.78 is 13.2. The van der Waals surface area contributed by atoms with E-state index in [1.54, 1.807) is 0 Å². The van der Waals surface area contributed by atoms with Crippen molar-refractivity contribution in [3.8, 4) is 0 Å². The van der Waals surface area contributed by atoms with Crippen molar-refractivity contribution in [3.05, 3.63) is 45.2 Å². The van der Waals surface area contributed by atoms with Gasteiger partial charge in [0.15, 0.2) is 5.13 Å². The van der Waals surface area contributed by atoms with E-state index >= 15 is 0 Å². The second-order valence-electron chi connectivity index (χ2n) is 3.48. The van der Waals surface area contributed by atoms with Gasteiger partial charge in [-0.15, -0.1) is 11.3 Å². The Morgan fingerprint density at radius 3 is 2.79 bits per heavy atom. The Kier molecular flexibility index (Phi) is 3.38. The lowest BCUT2D eigenvalue weighted by molar-refractivity contribution is -0.385. The Balaban J connectivity index is 2.23. The minimum atomic E-state index is -0.817. The lowest BCUT2D eigenvalue weighted by Gasteiger charge is -2.03. The minimum absolute atomic E-state index is 0.0247. The molecule has 0 saturated carbocycles. The van der Waals surface area contributed by atoms with Crippen LogP contribution < -0.4 is 11.1 Å². The third-order valence-corrected chi connectivity index (χ3v) is 2.78. The molecule has 0 aliphatic heterocycles. The number of nitrogens with two attached hydrogens (primary N) is 1. The fourth-order valence-electron chi connectivity index (χ4n) is 1.34. The molecule has 0 atom stereocenters. The van der Waals surface area contributed by atoms with E-state index in [9.17, 15) is 19.3 Å². The van der Waals surface area contributed by atoms with Gasteiger partial charge < -0.3 is 11.1 Å². The van der Waals surface area contributed by atoms with Gasteiger partial charge in [-0.1, -0.05) is 0 Å². The first kappa shape index (κ1) is 12.9. The molecule has 0 bridgehead atoms. The van der Waals surface area contributed by atoms with Crippen LogP contribution in [0.25, 0.3) is 0 Å². The van der Waals surface area contributed by atoms with Gasteiger partial charge in [0.1, 0.15) is 11.5 Å². The number of benzene rings is 1. The van der Waals surface area contributed by atoms with Crippen LogP contribution in [-0.2, 0) is 0 Å². The third kappa shape index (κ3) is 3.01. The van der Waals surface area contributed by atoms with Gasteiger partial charge in [0.2, 0.25) is 0 Å². The van der Waals surface area contributed by atoms with Gasteiger partial charge in [-0.25, -0.2) is 9.37 Å². The molecule has 0 aliphatic carbocycles. The van der Waals surface area contributed by atoms with Crippen molar-refractivity contribution in [2.75, 3.05) is 11.1 Å². The monoisotopic (exact) mass is 282 g/mol. The molecule has 1 aromatic heterocycles. The van der Waals surface area contributed by atoms with Gasteiger partial charge in [-0.3, -0.25) is 14.9 Å². The highest BCUT2D eigenvalue weighted by Gasteiger charge is 2.14. The zero-order valence-electron chi connectivity index (χ0n) is 9.29. The SMILES string of the molecule is Nc1nc(C(=O)Nc2cc(F)cc([N+](=O)[O-])c2)cs1. The van der Waals surface area contributed by atoms with E-state index < -0.39 is 22.3 Å². The Morgan fingerprint density at radius 1 is 1.47 bits per heavy atom. The molecule has 2 rings (SSSR count). The lowest BCUT2D eigenvalue weighted by atomic mass is 10.2. The minimum Gasteiger partial charge on any atom is -0.375 e. The number of nitrogen functional groups attached to an aromatic ring is 1. The molecule has 1 heterocycles. The maximum absolute atomic E-state index is 13.2. The van der Waals surface area contributed by atoms with Crippen LogP contribution in [0.2, 0.25) is 0 Å². The van der Waals surface area contributed by atoms with Gasteiger partial charge in [-0.05, 0) is 6.07 Å². The Morgan fingerprint density at radius 2 is 2.21 bits per heavy atom. The molecule has 3 N–H and O–H groups in total. The second-order valence-corrected chi connectivity index (χ2v) is 4.37. The average Bonchev–Trinajstić information content (AvgIpc) is 2.75. The van der Waals surface area contributed by atoms with Crippen LogP contribution in [0.1, 0.15) is 10.5 Å². The summed E-state index contributed by atoms with van der Waals surface area (Å²) in [6, 6.07) is 2.79. The topological polar surface area (TPSA) is 111 Å². The summed E-state index contributed by atoms with van der Waals surface area (Å²) in [5, 5.41) is 14.5. The largest absolute Gasteiger partial charge is 0.375 e. The predicted octanol–water partition coefficient (Wildman–Crippen LogP) is 2.02. The average molecular weight is 282 g/mol.